The van der Waals surface area contributed by atoms with E-state index in [2.05, 4.69) is 4.99 Å². The zero-order valence-electron chi connectivity index (χ0n) is 15.5. The van der Waals surface area contributed by atoms with Crippen LogP contribution in [0.25, 0.3) is 11.1 Å². The third kappa shape index (κ3) is 4.87. The number of hydrogen-bond acceptors (Lipinski definition) is 4. The molecular formula is C22H23Cl2NO3. The highest BCUT2D eigenvalue weighted by molar-refractivity contribution is 6.43. The maximum absolute atomic E-state index is 6.29. The van der Waals surface area contributed by atoms with Crippen molar-refractivity contribution >= 4 is 29.4 Å². The van der Waals surface area contributed by atoms with Gasteiger partial charge in [0.05, 0.1) is 22.8 Å². The van der Waals surface area contributed by atoms with Crippen LogP contribution in [0, 0.1) is 0 Å². The van der Waals surface area contributed by atoms with Gasteiger partial charge in [-0.2, -0.15) is 0 Å². The molecule has 0 saturated heterocycles. The predicted octanol–water partition coefficient (Wildman–Crippen LogP) is 5.79. The second kappa shape index (κ2) is 9.27. The molecule has 6 heteroatoms. The van der Waals surface area contributed by atoms with E-state index < -0.39 is 0 Å². The number of nitrogens with zero attached hydrogens (tertiary/aromatic N) is 1. The maximum atomic E-state index is 6.29. The van der Waals surface area contributed by atoms with E-state index in [0.29, 0.717) is 29.4 Å². The largest absolute Gasteiger partial charge is 0.489 e. The number of aliphatic imine (C=N–C) groups is 1. The predicted molar refractivity (Wildman–Crippen MR) is 113 cm³/mol. The molecule has 0 N–H and O–H groups in total. The van der Waals surface area contributed by atoms with Gasteiger partial charge < -0.3 is 14.2 Å². The summed E-state index contributed by atoms with van der Waals surface area (Å²) in [6, 6.07) is 13.3. The molecule has 4 rings (SSSR count). The zero-order chi connectivity index (χ0) is 19.3. The van der Waals surface area contributed by atoms with Crippen LogP contribution in [0.5, 0.6) is 5.75 Å². The van der Waals surface area contributed by atoms with Crippen molar-refractivity contribution in [3.8, 4) is 16.9 Å². The van der Waals surface area contributed by atoms with Gasteiger partial charge in [-0.05, 0) is 36.6 Å². The summed E-state index contributed by atoms with van der Waals surface area (Å²) in [5.41, 5.74) is 1.88. The van der Waals surface area contributed by atoms with Gasteiger partial charge in [-0.3, -0.25) is 4.99 Å². The molecule has 1 aliphatic heterocycles. The Bertz CT molecular complexity index is 819. The van der Waals surface area contributed by atoms with Gasteiger partial charge in [0.25, 0.3) is 0 Å². The third-order valence-electron chi connectivity index (χ3n) is 5.06. The molecule has 148 valence electrons. The fraction of sp³-hybridized carbons (Fsp3) is 0.409. The molecule has 1 saturated carbocycles. The van der Waals surface area contributed by atoms with E-state index >= 15 is 0 Å². The van der Waals surface area contributed by atoms with Gasteiger partial charge in [0.2, 0.25) is 0 Å². The molecule has 2 aromatic rings. The molecule has 2 atom stereocenters. The smallest absolute Gasteiger partial charge is 0.182 e. The van der Waals surface area contributed by atoms with Crippen LogP contribution in [-0.4, -0.2) is 37.9 Å². The zero-order valence-corrected chi connectivity index (χ0v) is 17.0. The number of ether oxygens (including phenoxy) is 3. The normalized spacial score (nSPS) is 22.1. The molecule has 28 heavy (non-hydrogen) atoms. The van der Waals surface area contributed by atoms with Gasteiger partial charge in [-0.15, -0.1) is 0 Å². The molecule has 0 aromatic heterocycles. The topological polar surface area (TPSA) is 40.0 Å². The summed E-state index contributed by atoms with van der Waals surface area (Å²) in [6.45, 7) is 0.938. The standard InChI is InChI=1S/C22H23Cl2NO3/c23-20-7-3-6-19(22(20)24)15-8-10-17(11-9-15)27-14-21-25-12-18(28-21)13-26-16-4-1-2-5-16/h3,6-12,16,18,21H,1-2,4-5,13-14H2/t18?,21-/m0/s1. The molecule has 1 aliphatic carbocycles. The van der Waals surface area contributed by atoms with Crippen LogP contribution in [0.4, 0.5) is 0 Å². The van der Waals surface area contributed by atoms with Crippen LogP contribution in [0.1, 0.15) is 25.7 Å². The Morgan fingerprint density at radius 2 is 1.79 bits per heavy atom. The molecule has 2 aliphatic rings. The molecule has 1 heterocycles. The van der Waals surface area contributed by atoms with Crippen molar-refractivity contribution < 1.29 is 14.2 Å². The van der Waals surface area contributed by atoms with Crippen molar-refractivity contribution in [2.24, 2.45) is 4.99 Å². The minimum Gasteiger partial charge on any atom is -0.489 e. The van der Waals surface area contributed by atoms with E-state index in [1.165, 1.54) is 12.8 Å². The van der Waals surface area contributed by atoms with Crippen LogP contribution in [0.3, 0.4) is 0 Å². The van der Waals surface area contributed by atoms with Gasteiger partial charge >= 0.3 is 0 Å². The molecule has 1 unspecified atom stereocenters. The fourth-order valence-corrected chi connectivity index (χ4v) is 3.95. The molecule has 2 aromatic carbocycles. The van der Waals surface area contributed by atoms with Crippen LogP contribution in [-0.2, 0) is 9.47 Å². The van der Waals surface area contributed by atoms with E-state index in [-0.39, 0.29) is 12.3 Å². The van der Waals surface area contributed by atoms with Crippen LogP contribution in [0.15, 0.2) is 47.5 Å². The fourth-order valence-electron chi connectivity index (χ4n) is 3.54. The van der Waals surface area contributed by atoms with Crippen LogP contribution in [0.2, 0.25) is 10.0 Å². The van der Waals surface area contributed by atoms with Crippen molar-refractivity contribution in [1.82, 2.24) is 0 Å². The lowest BCUT2D eigenvalue weighted by atomic mass is 10.1. The maximum Gasteiger partial charge on any atom is 0.182 e. The molecule has 0 radical (unpaired) electrons. The van der Waals surface area contributed by atoms with Gasteiger partial charge in [0, 0.05) is 11.8 Å². The molecule has 0 amide bonds. The summed E-state index contributed by atoms with van der Waals surface area (Å²) in [6.07, 6.45) is 6.69. The highest BCUT2D eigenvalue weighted by atomic mass is 35.5. The Morgan fingerprint density at radius 3 is 2.57 bits per heavy atom. The molecule has 0 bridgehead atoms. The average molecular weight is 420 g/mol. The second-order valence-corrected chi connectivity index (χ2v) is 7.89. The number of benzene rings is 2. The van der Waals surface area contributed by atoms with E-state index in [4.69, 9.17) is 37.4 Å². The van der Waals surface area contributed by atoms with Crippen molar-refractivity contribution in [1.29, 1.82) is 0 Å². The second-order valence-electron chi connectivity index (χ2n) is 7.10. The van der Waals surface area contributed by atoms with E-state index in [1.807, 2.05) is 42.6 Å². The summed E-state index contributed by atoms with van der Waals surface area (Å²) in [4.78, 5) is 4.38. The van der Waals surface area contributed by atoms with E-state index in [9.17, 15) is 0 Å². The minimum absolute atomic E-state index is 0.0819. The van der Waals surface area contributed by atoms with E-state index in [0.717, 1.165) is 29.7 Å². The Balaban J connectivity index is 1.25. The Hall–Kier alpha value is -1.59. The van der Waals surface area contributed by atoms with Crippen LogP contribution >= 0.6 is 23.2 Å². The number of halogens is 2. The van der Waals surface area contributed by atoms with Crippen molar-refractivity contribution in [2.75, 3.05) is 13.2 Å². The minimum atomic E-state index is -0.292. The lowest BCUT2D eigenvalue weighted by Gasteiger charge is -2.16. The number of rotatable bonds is 7. The Morgan fingerprint density at radius 1 is 1.00 bits per heavy atom. The highest BCUT2D eigenvalue weighted by Gasteiger charge is 2.23. The van der Waals surface area contributed by atoms with Crippen LogP contribution < -0.4 is 4.74 Å². The van der Waals surface area contributed by atoms with E-state index in [1.54, 1.807) is 6.07 Å². The van der Waals surface area contributed by atoms with Crippen molar-refractivity contribution in [2.45, 2.75) is 44.1 Å². The summed E-state index contributed by atoms with van der Waals surface area (Å²) in [5.74, 6) is 0.756. The van der Waals surface area contributed by atoms with Gasteiger partial charge in [-0.1, -0.05) is 60.3 Å². The lowest BCUT2D eigenvalue weighted by Crippen LogP contribution is -2.25. The monoisotopic (exact) mass is 419 g/mol. The van der Waals surface area contributed by atoms with Gasteiger partial charge in [-0.25, -0.2) is 0 Å². The first kappa shape index (κ1) is 19.7. The summed E-state index contributed by atoms with van der Waals surface area (Å²) in [5, 5.41) is 1.10. The SMILES string of the molecule is Clc1cccc(-c2ccc(OC[C@H]3N=CC(COC4CCCC4)O3)cc2)c1Cl. The number of hydrogen-bond donors (Lipinski definition) is 0. The Kier molecular flexibility index (Phi) is 6.53. The van der Waals surface area contributed by atoms with Crippen molar-refractivity contribution in [3.05, 3.63) is 52.5 Å². The first-order valence-electron chi connectivity index (χ1n) is 9.66. The summed E-state index contributed by atoms with van der Waals surface area (Å²) >= 11 is 12.4. The summed E-state index contributed by atoms with van der Waals surface area (Å²) < 4.78 is 17.6. The molecule has 0 spiro atoms. The van der Waals surface area contributed by atoms with Gasteiger partial charge in [0.1, 0.15) is 18.5 Å². The average Bonchev–Trinajstić information content (AvgIpc) is 3.39. The van der Waals surface area contributed by atoms with Gasteiger partial charge in [0.15, 0.2) is 6.23 Å². The third-order valence-corrected chi connectivity index (χ3v) is 5.88. The molecule has 4 nitrogen and oxygen atoms in total. The molecular weight excluding hydrogens is 397 g/mol. The first-order chi connectivity index (χ1) is 13.7. The molecule has 1 fully saturated rings. The lowest BCUT2D eigenvalue weighted by molar-refractivity contribution is -0.0399. The first-order valence-corrected chi connectivity index (χ1v) is 10.4. The summed E-state index contributed by atoms with van der Waals surface area (Å²) in [7, 11) is 0. The van der Waals surface area contributed by atoms with Crippen molar-refractivity contribution in [3.63, 3.8) is 0 Å². The highest BCUT2D eigenvalue weighted by Crippen LogP contribution is 2.34. The Labute approximate surface area is 175 Å². The quantitative estimate of drug-likeness (QED) is 0.569.